The molecule has 0 saturated heterocycles. The number of cyclic esters (lactones) is 4. The summed E-state index contributed by atoms with van der Waals surface area (Å²) >= 11 is 0. The molecule has 3 aromatic rings. The second-order valence-corrected chi connectivity index (χ2v) is 6.32. The van der Waals surface area contributed by atoms with Gasteiger partial charge in [0.25, 0.3) is 0 Å². The molecule has 2 aliphatic rings. The second kappa shape index (κ2) is 10.8. The highest BCUT2D eigenvalue weighted by molar-refractivity contribution is 6.20. The summed E-state index contributed by atoms with van der Waals surface area (Å²) < 4.78 is 8.98. The third kappa shape index (κ3) is 5.04. The Morgan fingerprint density at radius 1 is 0.548 bits per heavy atom. The van der Waals surface area contributed by atoms with Gasteiger partial charge in [-0.2, -0.15) is 0 Å². The number of hydrogen-bond donors (Lipinski definition) is 0. The van der Waals surface area contributed by atoms with Gasteiger partial charge in [0, 0.05) is 5.39 Å². The normalized spacial score (nSPS) is 12.8. The van der Waals surface area contributed by atoms with Crippen LogP contribution in [0.2, 0.25) is 0 Å². The summed E-state index contributed by atoms with van der Waals surface area (Å²) in [6.45, 7) is 8.25. The molecule has 2 heterocycles. The van der Waals surface area contributed by atoms with Crippen LogP contribution in [0.5, 0.6) is 0 Å². The van der Waals surface area contributed by atoms with Crippen molar-refractivity contribution in [1.29, 1.82) is 0 Å². The van der Waals surface area contributed by atoms with Crippen molar-refractivity contribution in [2.24, 2.45) is 0 Å². The zero-order valence-electron chi connectivity index (χ0n) is 17.9. The molecule has 0 saturated carbocycles. The molecule has 3 aromatic carbocycles. The number of rotatable bonds is 0. The van der Waals surface area contributed by atoms with E-state index in [1.165, 1.54) is 6.42 Å². The zero-order valence-corrected chi connectivity index (χ0v) is 17.9. The largest absolute Gasteiger partial charge is 0.386 e. The molecule has 0 bridgehead atoms. The van der Waals surface area contributed by atoms with Gasteiger partial charge >= 0.3 is 23.9 Å². The highest BCUT2D eigenvalue weighted by Gasteiger charge is 2.28. The summed E-state index contributed by atoms with van der Waals surface area (Å²) in [5.74, 6) is -2.23. The van der Waals surface area contributed by atoms with Crippen LogP contribution in [-0.4, -0.2) is 23.9 Å². The smallest absolute Gasteiger partial charge is 0.346 e. The molecule has 0 aliphatic carbocycles. The minimum atomic E-state index is -0.565. The number of carbonyl (C=O) groups excluding carboxylic acids is 4. The van der Waals surface area contributed by atoms with Gasteiger partial charge in [-0.05, 0) is 29.7 Å². The number of fused-ring (bicyclic) bond motifs is 1. The lowest BCUT2D eigenvalue weighted by Crippen LogP contribution is -2.19. The number of esters is 4. The predicted molar refractivity (Wildman–Crippen MR) is 117 cm³/mol. The lowest BCUT2D eigenvalue weighted by atomic mass is 9.97. The van der Waals surface area contributed by atoms with Crippen LogP contribution in [-0.2, 0) is 9.47 Å². The molecule has 31 heavy (non-hydrogen) atoms. The van der Waals surface area contributed by atoms with Crippen LogP contribution >= 0.6 is 0 Å². The van der Waals surface area contributed by atoms with Crippen molar-refractivity contribution >= 4 is 34.6 Å². The summed E-state index contributed by atoms with van der Waals surface area (Å²) in [5, 5.41) is 1.58. The molecule has 0 unspecified atom stereocenters. The molecule has 2 aliphatic heterocycles. The SMILES string of the molecule is CC.CCC.O=C1OC(=O)c2cccc3cccc1c23.O=C1OC(=O)c2ccccc21. The Balaban J connectivity index is 0.000000189. The Kier molecular flexibility index (Phi) is 8.20. The van der Waals surface area contributed by atoms with Crippen LogP contribution in [0.3, 0.4) is 0 Å². The second-order valence-electron chi connectivity index (χ2n) is 6.32. The Hall–Kier alpha value is -3.80. The van der Waals surface area contributed by atoms with E-state index in [0.717, 1.165) is 5.39 Å². The standard InChI is InChI=1S/C12H6O3.C8H4O3.C3H8.C2H6/c13-11-8-5-1-3-7-4-2-6-9(10(7)8)12(14)15-11;9-7-5-3-1-2-4-6(5)8(10)11-7;1-3-2;1-2/h1-6H;1-4H;3H2,1-2H3;1-2H3. The van der Waals surface area contributed by atoms with Gasteiger partial charge in [0.05, 0.1) is 22.3 Å². The van der Waals surface area contributed by atoms with Crippen molar-refractivity contribution in [3.05, 3.63) is 82.9 Å². The van der Waals surface area contributed by atoms with Crippen LogP contribution in [0.25, 0.3) is 10.8 Å². The van der Waals surface area contributed by atoms with Crippen LogP contribution < -0.4 is 0 Å². The third-order valence-corrected chi connectivity index (χ3v) is 4.08. The molecule has 5 rings (SSSR count). The van der Waals surface area contributed by atoms with E-state index < -0.39 is 23.9 Å². The van der Waals surface area contributed by atoms with Gasteiger partial charge in [-0.1, -0.05) is 70.5 Å². The minimum absolute atomic E-state index is 0.359. The molecule has 0 amide bonds. The fourth-order valence-corrected chi connectivity index (χ4v) is 2.91. The number of hydrogen-bond acceptors (Lipinski definition) is 6. The van der Waals surface area contributed by atoms with Gasteiger partial charge in [0.1, 0.15) is 0 Å². The Bertz CT molecular complexity index is 1050. The molecule has 0 spiro atoms. The van der Waals surface area contributed by atoms with E-state index >= 15 is 0 Å². The van der Waals surface area contributed by atoms with Crippen molar-refractivity contribution in [2.45, 2.75) is 34.1 Å². The van der Waals surface area contributed by atoms with E-state index in [2.05, 4.69) is 23.3 Å². The molecular weight excluding hydrogens is 396 g/mol. The average Bonchev–Trinajstić information content (AvgIpc) is 3.08. The summed E-state index contributed by atoms with van der Waals surface area (Å²) in [6.07, 6.45) is 1.25. The van der Waals surface area contributed by atoms with Crippen molar-refractivity contribution in [3.8, 4) is 0 Å². The average molecular weight is 420 g/mol. The molecule has 0 atom stereocenters. The lowest BCUT2D eigenvalue weighted by molar-refractivity contribution is 0.0385. The van der Waals surface area contributed by atoms with Gasteiger partial charge in [0.15, 0.2) is 0 Å². The van der Waals surface area contributed by atoms with Crippen LogP contribution in [0, 0.1) is 0 Å². The Morgan fingerprint density at radius 2 is 0.871 bits per heavy atom. The number of carbonyl (C=O) groups is 4. The summed E-state index contributed by atoms with van der Waals surface area (Å²) in [4.78, 5) is 44.5. The van der Waals surface area contributed by atoms with Crippen LogP contribution in [0.1, 0.15) is 75.5 Å². The first kappa shape index (κ1) is 23.5. The van der Waals surface area contributed by atoms with E-state index in [4.69, 9.17) is 0 Å². The van der Waals surface area contributed by atoms with Crippen LogP contribution in [0.15, 0.2) is 60.7 Å². The van der Waals surface area contributed by atoms with E-state index in [0.29, 0.717) is 27.6 Å². The summed E-state index contributed by atoms with van der Waals surface area (Å²) in [7, 11) is 0. The Morgan fingerprint density at radius 3 is 1.26 bits per heavy atom. The van der Waals surface area contributed by atoms with Gasteiger partial charge in [0.2, 0.25) is 0 Å². The minimum Gasteiger partial charge on any atom is -0.386 e. The molecule has 160 valence electrons. The summed E-state index contributed by atoms with van der Waals surface area (Å²) in [5.41, 5.74) is 1.64. The van der Waals surface area contributed by atoms with Crippen LogP contribution in [0.4, 0.5) is 0 Å². The van der Waals surface area contributed by atoms with Crippen molar-refractivity contribution in [3.63, 3.8) is 0 Å². The zero-order chi connectivity index (χ0) is 23.0. The fraction of sp³-hybridized carbons (Fsp3) is 0.200. The molecule has 0 aromatic heterocycles. The first-order valence-corrected chi connectivity index (χ1v) is 10.1. The first-order valence-electron chi connectivity index (χ1n) is 10.1. The van der Waals surface area contributed by atoms with Crippen molar-refractivity contribution in [2.75, 3.05) is 0 Å². The Labute approximate surface area is 180 Å². The highest BCUT2D eigenvalue weighted by atomic mass is 16.6. The molecule has 0 fully saturated rings. The van der Waals surface area contributed by atoms with Gasteiger partial charge in [-0.25, -0.2) is 19.2 Å². The summed E-state index contributed by atoms with van der Waals surface area (Å²) in [6, 6.07) is 17.2. The quantitative estimate of drug-likeness (QED) is 0.348. The highest BCUT2D eigenvalue weighted by Crippen LogP contribution is 2.28. The molecular formula is C25H24O6. The van der Waals surface area contributed by atoms with Crippen molar-refractivity contribution in [1.82, 2.24) is 0 Å². The maximum absolute atomic E-state index is 11.4. The first-order chi connectivity index (χ1) is 15.0. The monoisotopic (exact) mass is 420 g/mol. The van der Waals surface area contributed by atoms with E-state index in [9.17, 15) is 19.2 Å². The van der Waals surface area contributed by atoms with Gasteiger partial charge < -0.3 is 9.47 Å². The maximum Gasteiger partial charge on any atom is 0.346 e. The molecule has 6 heteroatoms. The third-order valence-electron chi connectivity index (χ3n) is 4.08. The predicted octanol–water partition coefficient (Wildman–Crippen LogP) is 5.59. The number of ether oxygens (including phenoxy) is 2. The topological polar surface area (TPSA) is 86.7 Å². The van der Waals surface area contributed by atoms with E-state index in [-0.39, 0.29) is 0 Å². The number of benzene rings is 3. The maximum atomic E-state index is 11.4. The fourth-order valence-electron chi connectivity index (χ4n) is 2.91. The van der Waals surface area contributed by atoms with E-state index in [1.807, 2.05) is 26.0 Å². The lowest BCUT2D eigenvalue weighted by Gasteiger charge is -2.14. The molecule has 0 radical (unpaired) electrons. The van der Waals surface area contributed by atoms with Gasteiger partial charge in [-0.3, -0.25) is 0 Å². The van der Waals surface area contributed by atoms with Crippen molar-refractivity contribution < 1.29 is 28.7 Å². The van der Waals surface area contributed by atoms with E-state index in [1.54, 1.807) is 48.5 Å². The molecule has 0 N–H and O–H groups in total. The van der Waals surface area contributed by atoms with Gasteiger partial charge in [-0.15, -0.1) is 0 Å². The molecule has 6 nitrogen and oxygen atoms in total.